The number of ether oxygens (including phenoxy) is 3. The van der Waals surface area contributed by atoms with Gasteiger partial charge in [-0.1, -0.05) is 12.7 Å². The van der Waals surface area contributed by atoms with E-state index in [0.29, 0.717) is 12.0 Å². The monoisotopic (exact) mass is 270 g/mol. The van der Waals surface area contributed by atoms with Gasteiger partial charge in [0.1, 0.15) is 0 Å². The molecule has 1 N–H and O–H groups in total. The van der Waals surface area contributed by atoms with E-state index in [4.69, 9.17) is 4.74 Å². The van der Waals surface area contributed by atoms with E-state index in [1.54, 1.807) is 6.08 Å². The fraction of sp³-hybridized carbons (Fsp3) is 0.538. The van der Waals surface area contributed by atoms with Gasteiger partial charge in [-0.25, -0.2) is 9.59 Å². The van der Waals surface area contributed by atoms with E-state index >= 15 is 0 Å². The third-order valence-electron chi connectivity index (χ3n) is 2.85. The molecular weight excluding hydrogens is 252 g/mol. The van der Waals surface area contributed by atoms with Crippen molar-refractivity contribution >= 4 is 11.9 Å². The maximum Gasteiger partial charge on any atom is 0.335 e. The molecule has 0 radical (unpaired) electrons. The van der Waals surface area contributed by atoms with Gasteiger partial charge in [-0.15, -0.1) is 0 Å². The van der Waals surface area contributed by atoms with Gasteiger partial charge in [0, 0.05) is 12.0 Å². The van der Waals surface area contributed by atoms with E-state index in [0.717, 1.165) is 0 Å². The predicted octanol–water partition coefficient (Wildman–Crippen LogP) is 0.355. The summed E-state index contributed by atoms with van der Waals surface area (Å²) in [6.07, 6.45) is 0.882. The molecule has 6 heteroatoms. The van der Waals surface area contributed by atoms with Crippen molar-refractivity contribution in [2.75, 3.05) is 20.8 Å². The van der Waals surface area contributed by atoms with E-state index < -0.39 is 24.1 Å². The molecule has 106 valence electrons. The fourth-order valence-corrected chi connectivity index (χ4v) is 1.73. The topological polar surface area (TPSA) is 82.1 Å². The standard InChI is InChI=1S/C13H18O6/c1-8(12(15)17-2)7-19-11-6-9(13(16)18-3)4-5-10(11)14/h4,10-11,14H,1,5-7H2,2-3H3/t10-,11-/m1/s1. The average Bonchev–Trinajstić information content (AvgIpc) is 2.44. The number of aliphatic hydroxyl groups excluding tert-OH is 1. The van der Waals surface area contributed by atoms with Crippen molar-refractivity contribution in [3.63, 3.8) is 0 Å². The van der Waals surface area contributed by atoms with Crippen LogP contribution < -0.4 is 0 Å². The Morgan fingerprint density at radius 3 is 2.68 bits per heavy atom. The Labute approximate surface area is 111 Å². The summed E-state index contributed by atoms with van der Waals surface area (Å²) in [7, 11) is 2.55. The zero-order valence-corrected chi connectivity index (χ0v) is 11.0. The molecule has 0 spiro atoms. The number of methoxy groups -OCH3 is 2. The first-order chi connectivity index (χ1) is 8.99. The highest BCUT2D eigenvalue weighted by atomic mass is 16.5. The van der Waals surface area contributed by atoms with E-state index in [1.165, 1.54) is 14.2 Å². The highest BCUT2D eigenvalue weighted by Gasteiger charge is 2.28. The molecule has 0 aromatic carbocycles. The van der Waals surface area contributed by atoms with Crippen molar-refractivity contribution in [3.8, 4) is 0 Å². The SMILES string of the molecule is C=C(CO[C@@H]1CC(C(=O)OC)=CC[C@H]1O)C(=O)OC. The van der Waals surface area contributed by atoms with Gasteiger partial charge in [0.25, 0.3) is 0 Å². The molecule has 0 fully saturated rings. The molecule has 1 rings (SSSR count). The number of carbonyl (C=O) groups is 2. The van der Waals surface area contributed by atoms with Crippen LogP contribution in [0.5, 0.6) is 0 Å². The Hall–Kier alpha value is -1.66. The first kappa shape index (κ1) is 15.4. The molecule has 19 heavy (non-hydrogen) atoms. The van der Waals surface area contributed by atoms with Crippen molar-refractivity contribution in [3.05, 3.63) is 23.8 Å². The number of aliphatic hydroxyl groups is 1. The van der Waals surface area contributed by atoms with Crippen LogP contribution in [0.1, 0.15) is 12.8 Å². The van der Waals surface area contributed by atoms with Crippen LogP contribution in [-0.4, -0.2) is 50.1 Å². The van der Waals surface area contributed by atoms with E-state index in [9.17, 15) is 14.7 Å². The Morgan fingerprint density at radius 2 is 2.11 bits per heavy atom. The molecule has 0 heterocycles. The maximum atomic E-state index is 11.4. The third kappa shape index (κ3) is 4.18. The van der Waals surface area contributed by atoms with Gasteiger partial charge in [0.15, 0.2) is 0 Å². The van der Waals surface area contributed by atoms with E-state index in [-0.39, 0.29) is 18.6 Å². The molecule has 2 atom stereocenters. The second-order valence-electron chi connectivity index (χ2n) is 4.17. The molecule has 0 saturated carbocycles. The average molecular weight is 270 g/mol. The van der Waals surface area contributed by atoms with Gasteiger partial charge in [0.2, 0.25) is 0 Å². The molecule has 0 aromatic heterocycles. The van der Waals surface area contributed by atoms with Crippen molar-refractivity contribution in [1.82, 2.24) is 0 Å². The van der Waals surface area contributed by atoms with E-state index in [2.05, 4.69) is 16.1 Å². The number of rotatable bonds is 5. The summed E-state index contributed by atoms with van der Waals surface area (Å²) >= 11 is 0. The minimum absolute atomic E-state index is 0.0527. The second-order valence-corrected chi connectivity index (χ2v) is 4.17. The highest BCUT2D eigenvalue weighted by molar-refractivity contribution is 5.88. The molecule has 0 unspecified atom stereocenters. The number of esters is 2. The minimum Gasteiger partial charge on any atom is -0.466 e. The molecule has 1 aliphatic rings. The maximum absolute atomic E-state index is 11.4. The van der Waals surface area contributed by atoms with Crippen LogP contribution >= 0.6 is 0 Å². The minimum atomic E-state index is -0.723. The van der Waals surface area contributed by atoms with Gasteiger partial charge in [-0.3, -0.25) is 0 Å². The van der Waals surface area contributed by atoms with Crippen molar-refractivity contribution < 1.29 is 28.9 Å². The summed E-state index contributed by atoms with van der Waals surface area (Å²) in [6, 6.07) is 0. The summed E-state index contributed by atoms with van der Waals surface area (Å²) in [5, 5.41) is 9.78. The Kier molecular flexibility index (Phi) is 5.72. The highest BCUT2D eigenvalue weighted by Crippen LogP contribution is 2.23. The third-order valence-corrected chi connectivity index (χ3v) is 2.85. The Morgan fingerprint density at radius 1 is 1.42 bits per heavy atom. The molecule has 0 aromatic rings. The first-order valence-corrected chi connectivity index (χ1v) is 5.82. The van der Waals surface area contributed by atoms with Gasteiger partial charge in [-0.2, -0.15) is 0 Å². The Bertz CT molecular complexity index is 398. The van der Waals surface area contributed by atoms with Crippen LogP contribution in [0.3, 0.4) is 0 Å². The van der Waals surface area contributed by atoms with Crippen LogP contribution in [0.2, 0.25) is 0 Å². The lowest BCUT2D eigenvalue weighted by molar-refractivity contribution is -0.139. The van der Waals surface area contributed by atoms with Crippen LogP contribution in [0.15, 0.2) is 23.8 Å². The van der Waals surface area contributed by atoms with Gasteiger partial charge in [0.05, 0.1) is 38.6 Å². The molecule has 0 saturated heterocycles. The van der Waals surface area contributed by atoms with Crippen LogP contribution in [0.25, 0.3) is 0 Å². The Balaban J connectivity index is 2.54. The zero-order chi connectivity index (χ0) is 14.4. The second kappa shape index (κ2) is 7.06. The van der Waals surface area contributed by atoms with Crippen molar-refractivity contribution in [2.24, 2.45) is 0 Å². The molecule has 1 aliphatic carbocycles. The van der Waals surface area contributed by atoms with Gasteiger partial charge >= 0.3 is 11.9 Å². The smallest absolute Gasteiger partial charge is 0.335 e. The largest absolute Gasteiger partial charge is 0.466 e. The normalized spacial score (nSPS) is 22.4. The molecule has 0 aliphatic heterocycles. The lowest BCUT2D eigenvalue weighted by atomic mass is 9.94. The first-order valence-electron chi connectivity index (χ1n) is 5.82. The van der Waals surface area contributed by atoms with Crippen LogP contribution in [-0.2, 0) is 23.8 Å². The quantitative estimate of drug-likeness (QED) is 0.573. The summed E-state index contributed by atoms with van der Waals surface area (Å²) in [6.45, 7) is 3.47. The lowest BCUT2D eigenvalue weighted by Crippen LogP contribution is -2.34. The zero-order valence-electron chi connectivity index (χ0n) is 11.0. The fourth-order valence-electron chi connectivity index (χ4n) is 1.73. The number of hydrogen-bond donors (Lipinski definition) is 1. The molecule has 0 amide bonds. The summed E-state index contributed by atoms with van der Waals surface area (Å²) < 4.78 is 14.5. The molecule has 0 bridgehead atoms. The van der Waals surface area contributed by atoms with E-state index in [1.807, 2.05) is 0 Å². The number of carbonyl (C=O) groups excluding carboxylic acids is 2. The summed E-state index contributed by atoms with van der Waals surface area (Å²) in [4.78, 5) is 22.5. The van der Waals surface area contributed by atoms with Crippen LogP contribution in [0, 0.1) is 0 Å². The molecule has 6 nitrogen and oxygen atoms in total. The summed E-state index contributed by atoms with van der Waals surface area (Å²) in [5.74, 6) is -0.999. The molecular formula is C13H18O6. The van der Waals surface area contributed by atoms with Gasteiger partial charge in [-0.05, 0) is 6.42 Å². The summed E-state index contributed by atoms with van der Waals surface area (Å²) in [5.41, 5.74) is 0.616. The number of hydrogen-bond acceptors (Lipinski definition) is 6. The van der Waals surface area contributed by atoms with Crippen LogP contribution in [0.4, 0.5) is 0 Å². The van der Waals surface area contributed by atoms with Gasteiger partial charge < -0.3 is 19.3 Å². The predicted molar refractivity (Wildman–Crippen MR) is 66.2 cm³/mol. The van der Waals surface area contributed by atoms with Crippen molar-refractivity contribution in [2.45, 2.75) is 25.0 Å². The lowest BCUT2D eigenvalue weighted by Gasteiger charge is -2.27. The van der Waals surface area contributed by atoms with Crippen molar-refractivity contribution in [1.29, 1.82) is 0 Å².